The van der Waals surface area contributed by atoms with Crippen molar-refractivity contribution in [3.8, 4) is 22.9 Å². The summed E-state index contributed by atoms with van der Waals surface area (Å²) >= 11 is 0. The summed E-state index contributed by atoms with van der Waals surface area (Å²) in [5.41, 5.74) is 2.58. The monoisotopic (exact) mass is 451 g/mol. The maximum absolute atomic E-state index is 12.5. The number of benzene rings is 2. The lowest BCUT2D eigenvalue weighted by molar-refractivity contribution is -0.116. The first kappa shape index (κ1) is 22.8. The SMILES string of the molecule is COc1ccc(-c2noc(CCCC(=O)Nc3ccc(C)cc3OCC3CCCO3)n2)cc1. The molecule has 1 N–H and O–H groups in total. The highest BCUT2D eigenvalue weighted by molar-refractivity contribution is 5.92. The van der Waals surface area contributed by atoms with E-state index in [1.807, 2.05) is 49.4 Å². The van der Waals surface area contributed by atoms with Gasteiger partial charge >= 0.3 is 0 Å². The van der Waals surface area contributed by atoms with Crippen LogP contribution in [0.15, 0.2) is 47.0 Å². The topological polar surface area (TPSA) is 95.7 Å². The molecule has 8 heteroatoms. The summed E-state index contributed by atoms with van der Waals surface area (Å²) in [7, 11) is 1.62. The van der Waals surface area contributed by atoms with Gasteiger partial charge < -0.3 is 24.1 Å². The summed E-state index contributed by atoms with van der Waals surface area (Å²) in [4.78, 5) is 16.9. The fraction of sp³-hybridized carbons (Fsp3) is 0.400. The number of aryl methyl sites for hydroxylation is 2. The molecule has 2 aromatic carbocycles. The summed E-state index contributed by atoms with van der Waals surface area (Å²) in [6.45, 7) is 3.27. The number of nitrogens with zero attached hydrogens (tertiary/aromatic N) is 2. The molecule has 174 valence electrons. The van der Waals surface area contributed by atoms with Crippen LogP contribution in [0.2, 0.25) is 0 Å². The molecule has 1 aliphatic rings. The molecule has 0 spiro atoms. The van der Waals surface area contributed by atoms with Gasteiger partial charge in [0.05, 0.1) is 18.9 Å². The van der Waals surface area contributed by atoms with Crippen molar-refractivity contribution in [2.45, 2.75) is 45.1 Å². The van der Waals surface area contributed by atoms with Crippen molar-refractivity contribution in [2.24, 2.45) is 0 Å². The van der Waals surface area contributed by atoms with Crippen molar-refractivity contribution in [3.05, 3.63) is 53.9 Å². The summed E-state index contributed by atoms with van der Waals surface area (Å²) in [6.07, 6.45) is 3.63. The molecule has 0 saturated carbocycles. The number of ether oxygens (including phenoxy) is 3. The molecule has 0 bridgehead atoms. The Labute approximate surface area is 193 Å². The number of methoxy groups -OCH3 is 1. The van der Waals surface area contributed by atoms with E-state index in [0.717, 1.165) is 36.3 Å². The minimum Gasteiger partial charge on any atom is -0.497 e. The molecular formula is C25H29N3O5. The molecule has 1 aliphatic heterocycles. The van der Waals surface area contributed by atoms with Gasteiger partial charge in [-0.3, -0.25) is 4.79 Å². The zero-order valence-electron chi connectivity index (χ0n) is 19.0. The van der Waals surface area contributed by atoms with Gasteiger partial charge in [0.2, 0.25) is 17.6 Å². The molecule has 1 atom stereocenters. The number of nitrogens with one attached hydrogen (secondary N) is 1. The Morgan fingerprint density at radius 3 is 2.82 bits per heavy atom. The fourth-order valence-corrected chi connectivity index (χ4v) is 3.64. The smallest absolute Gasteiger partial charge is 0.226 e. The molecule has 33 heavy (non-hydrogen) atoms. The second-order valence-corrected chi connectivity index (χ2v) is 8.09. The van der Waals surface area contributed by atoms with Crippen LogP contribution >= 0.6 is 0 Å². The molecule has 2 heterocycles. The Kier molecular flexibility index (Phi) is 7.57. The predicted octanol–water partition coefficient (Wildman–Crippen LogP) is 4.57. The van der Waals surface area contributed by atoms with E-state index in [1.165, 1.54) is 0 Å². The van der Waals surface area contributed by atoms with Crippen LogP contribution in [-0.2, 0) is 16.0 Å². The summed E-state index contributed by atoms with van der Waals surface area (Å²) in [6, 6.07) is 13.2. The second kappa shape index (κ2) is 11.0. The first-order valence-corrected chi connectivity index (χ1v) is 11.2. The summed E-state index contributed by atoms with van der Waals surface area (Å²) in [5, 5.41) is 6.98. The van der Waals surface area contributed by atoms with Crippen LogP contribution in [0.3, 0.4) is 0 Å². The van der Waals surface area contributed by atoms with Crippen LogP contribution in [-0.4, -0.2) is 42.5 Å². The van der Waals surface area contributed by atoms with Gasteiger partial charge in [0.25, 0.3) is 0 Å². The largest absolute Gasteiger partial charge is 0.497 e. The van der Waals surface area contributed by atoms with Crippen LogP contribution in [0.1, 0.15) is 37.1 Å². The highest BCUT2D eigenvalue weighted by atomic mass is 16.5. The number of carbonyl (C=O) groups is 1. The van der Waals surface area contributed by atoms with Gasteiger partial charge in [-0.25, -0.2) is 0 Å². The third kappa shape index (κ3) is 6.32. The zero-order chi connectivity index (χ0) is 23.0. The predicted molar refractivity (Wildman–Crippen MR) is 124 cm³/mol. The Morgan fingerprint density at radius 2 is 2.06 bits per heavy atom. The molecule has 0 aliphatic carbocycles. The minimum absolute atomic E-state index is 0.0873. The van der Waals surface area contributed by atoms with Crippen molar-refractivity contribution in [3.63, 3.8) is 0 Å². The average Bonchev–Trinajstić information content (AvgIpc) is 3.52. The first-order chi connectivity index (χ1) is 16.1. The molecule has 8 nitrogen and oxygen atoms in total. The Balaban J connectivity index is 1.27. The number of hydrogen-bond donors (Lipinski definition) is 1. The van der Waals surface area contributed by atoms with Crippen LogP contribution in [0.5, 0.6) is 11.5 Å². The number of aromatic nitrogens is 2. The second-order valence-electron chi connectivity index (χ2n) is 8.09. The van der Waals surface area contributed by atoms with E-state index >= 15 is 0 Å². The minimum atomic E-state index is -0.0873. The molecule has 1 saturated heterocycles. The Bertz CT molecular complexity index is 1060. The number of rotatable bonds is 10. The number of hydrogen-bond acceptors (Lipinski definition) is 7. The van der Waals surface area contributed by atoms with E-state index in [0.29, 0.717) is 49.0 Å². The molecule has 1 aromatic heterocycles. The maximum atomic E-state index is 12.5. The van der Waals surface area contributed by atoms with Gasteiger partial charge in [0.15, 0.2) is 0 Å². The lowest BCUT2D eigenvalue weighted by atomic mass is 10.2. The lowest BCUT2D eigenvalue weighted by Crippen LogP contribution is -2.18. The maximum Gasteiger partial charge on any atom is 0.226 e. The quantitative estimate of drug-likeness (QED) is 0.482. The molecule has 1 amide bonds. The highest BCUT2D eigenvalue weighted by Crippen LogP contribution is 2.27. The van der Waals surface area contributed by atoms with Gasteiger partial charge in [-0.1, -0.05) is 11.2 Å². The molecule has 0 radical (unpaired) electrons. The van der Waals surface area contributed by atoms with Crippen LogP contribution in [0.25, 0.3) is 11.4 Å². The van der Waals surface area contributed by atoms with Crippen LogP contribution in [0.4, 0.5) is 5.69 Å². The molecule has 1 unspecified atom stereocenters. The van der Waals surface area contributed by atoms with E-state index < -0.39 is 0 Å². The lowest BCUT2D eigenvalue weighted by Gasteiger charge is -2.16. The fourth-order valence-electron chi connectivity index (χ4n) is 3.64. The van der Waals surface area contributed by atoms with Crippen molar-refractivity contribution >= 4 is 11.6 Å². The van der Waals surface area contributed by atoms with Crippen molar-refractivity contribution < 1.29 is 23.5 Å². The first-order valence-electron chi connectivity index (χ1n) is 11.2. The Hall–Kier alpha value is -3.39. The van der Waals surface area contributed by atoms with E-state index in [2.05, 4.69) is 15.5 Å². The van der Waals surface area contributed by atoms with Gasteiger partial charge in [0, 0.05) is 25.0 Å². The van der Waals surface area contributed by atoms with Crippen molar-refractivity contribution in [1.29, 1.82) is 0 Å². The third-order valence-electron chi connectivity index (χ3n) is 5.47. The van der Waals surface area contributed by atoms with E-state index in [9.17, 15) is 4.79 Å². The van der Waals surface area contributed by atoms with Crippen LogP contribution < -0.4 is 14.8 Å². The molecule has 4 rings (SSSR count). The van der Waals surface area contributed by atoms with E-state index in [4.69, 9.17) is 18.7 Å². The molecular weight excluding hydrogens is 422 g/mol. The van der Waals surface area contributed by atoms with Crippen molar-refractivity contribution in [2.75, 3.05) is 25.6 Å². The van der Waals surface area contributed by atoms with Gasteiger partial charge in [-0.15, -0.1) is 0 Å². The van der Waals surface area contributed by atoms with E-state index in [1.54, 1.807) is 7.11 Å². The molecule has 3 aromatic rings. The van der Waals surface area contributed by atoms with Gasteiger partial charge in [-0.2, -0.15) is 4.98 Å². The average molecular weight is 452 g/mol. The molecule has 1 fully saturated rings. The summed E-state index contributed by atoms with van der Waals surface area (Å²) < 4.78 is 22.1. The number of anilines is 1. The zero-order valence-corrected chi connectivity index (χ0v) is 19.0. The van der Waals surface area contributed by atoms with E-state index in [-0.39, 0.29) is 12.0 Å². The Morgan fingerprint density at radius 1 is 1.21 bits per heavy atom. The standard InChI is InChI=1S/C25H29N3O5/c1-17-8-13-21(22(15-17)32-16-20-5-4-14-31-20)26-23(29)6-3-7-24-27-25(28-33-24)18-9-11-19(30-2)12-10-18/h8-13,15,20H,3-7,14,16H2,1-2H3,(H,26,29). The van der Waals surface area contributed by atoms with Crippen LogP contribution in [0, 0.1) is 6.92 Å². The van der Waals surface area contributed by atoms with Gasteiger partial charge in [0.1, 0.15) is 18.1 Å². The summed E-state index contributed by atoms with van der Waals surface area (Å²) in [5.74, 6) is 2.37. The van der Waals surface area contributed by atoms with Gasteiger partial charge in [-0.05, 0) is 68.1 Å². The third-order valence-corrected chi connectivity index (χ3v) is 5.47. The van der Waals surface area contributed by atoms with Crippen molar-refractivity contribution in [1.82, 2.24) is 10.1 Å². The normalized spacial score (nSPS) is 15.4. The highest BCUT2D eigenvalue weighted by Gasteiger charge is 2.17. The number of amides is 1. The number of carbonyl (C=O) groups excluding carboxylic acids is 1.